The standard InChI is InChI=1S/C14H29N5O2/c1-17-9-10-21-13(11-17)12-18-5-7-19(8-6-18)14(20)16-4-2-3-15/h13H,2-12,15H2,1H3,(H,16,20). The van der Waals surface area contributed by atoms with Crippen molar-refractivity contribution in [3.63, 3.8) is 0 Å². The fraction of sp³-hybridized carbons (Fsp3) is 0.929. The lowest BCUT2D eigenvalue weighted by Gasteiger charge is -2.38. The minimum absolute atomic E-state index is 0.0387. The number of hydrogen-bond donors (Lipinski definition) is 2. The van der Waals surface area contributed by atoms with E-state index in [-0.39, 0.29) is 6.03 Å². The third kappa shape index (κ3) is 5.43. The number of likely N-dealkylation sites (N-methyl/N-ethyl adjacent to an activating group) is 1. The molecule has 0 aliphatic carbocycles. The molecule has 7 heteroatoms. The van der Waals surface area contributed by atoms with E-state index in [0.717, 1.165) is 58.8 Å². The van der Waals surface area contributed by atoms with Crippen LogP contribution >= 0.6 is 0 Å². The van der Waals surface area contributed by atoms with Crippen molar-refractivity contribution in [2.75, 3.05) is 72.6 Å². The van der Waals surface area contributed by atoms with E-state index >= 15 is 0 Å². The van der Waals surface area contributed by atoms with Gasteiger partial charge in [0.25, 0.3) is 0 Å². The smallest absolute Gasteiger partial charge is 0.317 e. The molecule has 0 aromatic rings. The van der Waals surface area contributed by atoms with Crippen molar-refractivity contribution < 1.29 is 9.53 Å². The molecule has 0 saturated carbocycles. The molecule has 0 bridgehead atoms. The van der Waals surface area contributed by atoms with Crippen LogP contribution in [0.2, 0.25) is 0 Å². The number of ether oxygens (including phenoxy) is 1. The van der Waals surface area contributed by atoms with Gasteiger partial charge in [0.05, 0.1) is 12.7 Å². The van der Waals surface area contributed by atoms with Crippen LogP contribution in [0.1, 0.15) is 6.42 Å². The Balaban J connectivity index is 1.64. The highest BCUT2D eigenvalue weighted by molar-refractivity contribution is 5.74. The molecule has 122 valence electrons. The number of piperazine rings is 1. The molecule has 2 rings (SSSR count). The normalized spacial score (nSPS) is 25.0. The van der Waals surface area contributed by atoms with Crippen LogP contribution in [0.25, 0.3) is 0 Å². The molecule has 2 aliphatic heterocycles. The van der Waals surface area contributed by atoms with Gasteiger partial charge in [0.15, 0.2) is 0 Å². The van der Waals surface area contributed by atoms with E-state index in [0.29, 0.717) is 19.2 Å². The molecule has 1 unspecified atom stereocenters. The fourth-order valence-corrected chi connectivity index (χ4v) is 2.81. The first-order valence-corrected chi connectivity index (χ1v) is 7.94. The van der Waals surface area contributed by atoms with E-state index in [2.05, 4.69) is 22.2 Å². The molecule has 2 heterocycles. The van der Waals surface area contributed by atoms with Gasteiger partial charge in [-0.3, -0.25) is 4.90 Å². The monoisotopic (exact) mass is 299 g/mol. The van der Waals surface area contributed by atoms with Crippen molar-refractivity contribution in [1.82, 2.24) is 20.0 Å². The van der Waals surface area contributed by atoms with Crippen molar-refractivity contribution in [2.24, 2.45) is 5.73 Å². The first-order valence-electron chi connectivity index (χ1n) is 7.94. The summed E-state index contributed by atoms with van der Waals surface area (Å²) in [6.07, 6.45) is 1.13. The third-order valence-corrected chi connectivity index (χ3v) is 4.12. The minimum Gasteiger partial charge on any atom is -0.374 e. The van der Waals surface area contributed by atoms with Crippen LogP contribution in [0.5, 0.6) is 0 Å². The van der Waals surface area contributed by atoms with Crippen LogP contribution in [0, 0.1) is 0 Å². The molecule has 0 radical (unpaired) electrons. The van der Waals surface area contributed by atoms with E-state index in [1.54, 1.807) is 0 Å². The van der Waals surface area contributed by atoms with E-state index in [9.17, 15) is 4.79 Å². The minimum atomic E-state index is 0.0387. The van der Waals surface area contributed by atoms with Gasteiger partial charge in [-0.25, -0.2) is 4.79 Å². The molecule has 1 atom stereocenters. The second-order valence-corrected chi connectivity index (χ2v) is 5.92. The van der Waals surface area contributed by atoms with E-state index in [1.165, 1.54) is 0 Å². The van der Waals surface area contributed by atoms with Crippen molar-refractivity contribution in [3.8, 4) is 0 Å². The zero-order valence-corrected chi connectivity index (χ0v) is 13.1. The number of rotatable bonds is 5. The lowest BCUT2D eigenvalue weighted by Crippen LogP contribution is -2.54. The zero-order chi connectivity index (χ0) is 15.1. The maximum Gasteiger partial charge on any atom is 0.317 e. The predicted octanol–water partition coefficient (Wildman–Crippen LogP) is -1.01. The van der Waals surface area contributed by atoms with E-state index in [1.807, 2.05) is 4.90 Å². The summed E-state index contributed by atoms with van der Waals surface area (Å²) >= 11 is 0. The summed E-state index contributed by atoms with van der Waals surface area (Å²) in [6.45, 7) is 8.52. The third-order valence-electron chi connectivity index (χ3n) is 4.12. The second-order valence-electron chi connectivity index (χ2n) is 5.92. The van der Waals surface area contributed by atoms with Gasteiger partial charge < -0.3 is 25.6 Å². The van der Waals surface area contributed by atoms with Gasteiger partial charge in [-0.15, -0.1) is 0 Å². The first kappa shape index (κ1) is 16.5. The van der Waals surface area contributed by atoms with Crippen LogP contribution in [-0.2, 0) is 4.74 Å². The number of amides is 2. The van der Waals surface area contributed by atoms with E-state index in [4.69, 9.17) is 10.5 Å². The molecule has 2 saturated heterocycles. The van der Waals surface area contributed by atoms with Gasteiger partial charge in [0, 0.05) is 52.4 Å². The lowest BCUT2D eigenvalue weighted by molar-refractivity contribution is -0.0395. The van der Waals surface area contributed by atoms with Gasteiger partial charge in [-0.05, 0) is 20.0 Å². The number of nitrogens with one attached hydrogen (secondary N) is 1. The molecule has 2 amide bonds. The Kier molecular flexibility index (Phi) is 6.69. The Morgan fingerprint density at radius 1 is 1.29 bits per heavy atom. The Hall–Kier alpha value is -0.890. The van der Waals surface area contributed by atoms with Gasteiger partial charge >= 0.3 is 6.03 Å². The van der Waals surface area contributed by atoms with Gasteiger partial charge in [-0.2, -0.15) is 0 Å². The Morgan fingerprint density at radius 3 is 2.71 bits per heavy atom. The molecule has 21 heavy (non-hydrogen) atoms. The summed E-state index contributed by atoms with van der Waals surface area (Å²) in [4.78, 5) is 18.5. The summed E-state index contributed by atoms with van der Waals surface area (Å²) < 4.78 is 5.80. The predicted molar refractivity (Wildman–Crippen MR) is 82.3 cm³/mol. The highest BCUT2D eigenvalue weighted by atomic mass is 16.5. The lowest BCUT2D eigenvalue weighted by atomic mass is 10.2. The largest absolute Gasteiger partial charge is 0.374 e. The van der Waals surface area contributed by atoms with Crippen LogP contribution in [0.3, 0.4) is 0 Å². The van der Waals surface area contributed by atoms with Crippen molar-refractivity contribution in [3.05, 3.63) is 0 Å². The topological polar surface area (TPSA) is 74.1 Å². The van der Waals surface area contributed by atoms with Gasteiger partial charge in [0.1, 0.15) is 0 Å². The number of nitrogens with two attached hydrogens (primary N) is 1. The first-order chi connectivity index (χ1) is 10.2. The molecule has 3 N–H and O–H groups in total. The number of nitrogens with zero attached hydrogens (tertiary/aromatic N) is 3. The van der Waals surface area contributed by atoms with Gasteiger partial charge in [-0.1, -0.05) is 0 Å². The number of urea groups is 1. The Morgan fingerprint density at radius 2 is 2.05 bits per heavy atom. The molecule has 0 aromatic carbocycles. The van der Waals surface area contributed by atoms with Crippen molar-refractivity contribution in [1.29, 1.82) is 0 Å². The highest BCUT2D eigenvalue weighted by Crippen LogP contribution is 2.08. The average Bonchev–Trinajstić information content (AvgIpc) is 2.48. The number of carbonyl (C=O) groups excluding carboxylic acids is 1. The number of morpholine rings is 1. The van der Waals surface area contributed by atoms with Gasteiger partial charge in [0.2, 0.25) is 0 Å². The molecule has 0 spiro atoms. The quantitative estimate of drug-likeness (QED) is 0.637. The molecule has 2 aliphatic rings. The fourth-order valence-electron chi connectivity index (χ4n) is 2.81. The number of carbonyl (C=O) groups is 1. The summed E-state index contributed by atoms with van der Waals surface area (Å²) in [7, 11) is 2.14. The molecule has 7 nitrogen and oxygen atoms in total. The van der Waals surface area contributed by atoms with Crippen LogP contribution < -0.4 is 11.1 Å². The zero-order valence-electron chi connectivity index (χ0n) is 13.1. The van der Waals surface area contributed by atoms with Crippen LogP contribution in [-0.4, -0.2) is 99.4 Å². The highest BCUT2D eigenvalue weighted by Gasteiger charge is 2.25. The summed E-state index contributed by atoms with van der Waals surface area (Å²) in [5.74, 6) is 0. The van der Waals surface area contributed by atoms with Crippen LogP contribution in [0.4, 0.5) is 4.79 Å². The number of hydrogen-bond acceptors (Lipinski definition) is 5. The Bertz CT molecular complexity index is 320. The van der Waals surface area contributed by atoms with Crippen molar-refractivity contribution in [2.45, 2.75) is 12.5 Å². The van der Waals surface area contributed by atoms with Crippen molar-refractivity contribution >= 4 is 6.03 Å². The molecular formula is C14H29N5O2. The van der Waals surface area contributed by atoms with E-state index < -0.39 is 0 Å². The maximum absolute atomic E-state index is 11.9. The summed E-state index contributed by atoms with van der Waals surface area (Å²) in [5, 5.41) is 2.91. The summed E-state index contributed by atoms with van der Waals surface area (Å²) in [5.41, 5.74) is 5.42. The summed E-state index contributed by atoms with van der Waals surface area (Å²) in [6, 6.07) is 0.0387. The second kappa shape index (κ2) is 8.53. The maximum atomic E-state index is 11.9. The molecule has 2 fully saturated rings. The molecular weight excluding hydrogens is 270 g/mol. The Labute approximate surface area is 127 Å². The molecule has 0 aromatic heterocycles. The average molecular weight is 299 g/mol. The SMILES string of the molecule is CN1CCOC(CN2CCN(C(=O)NCCCN)CC2)C1. The van der Waals surface area contributed by atoms with Crippen LogP contribution in [0.15, 0.2) is 0 Å².